The van der Waals surface area contributed by atoms with E-state index in [4.69, 9.17) is 0 Å². The van der Waals surface area contributed by atoms with Crippen molar-refractivity contribution in [2.75, 3.05) is 44.7 Å². The van der Waals surface area contributed by atoms with Crippen LogP contribution in [0.2, 0.25) is 0 Å². The zero-order valence-electron chi connectivity index (χ0n) is 15.4. The molecule has 3 rings (SSSR count). The number of thiazole rings is 1. The van der Waals surface area contributed by atoms with E-state index in [9.17, 15) is 8.78 Å². The van der Waals surface area contributed by atoms with Gasteiger partial charge in [0.05, 0.1) is 16.4 Å². The summed E-state index contributed by atoms with van der Waals surface area (Å²) in [6, 6.07) is 3.58. The number of rotatable bonds is 4. The molecule has 1 aromatic carbocycles. The van der Waals surface area contributed by atoms with Crippen LogP contribution in [0.5, 0.6) is 0 Å². The highest BCUT2D eigenvalue weighted by molar-refractivity contribution is 14.0. The fraction of sp³-hybridized carbons (Fsp3) is 0.444. The van der Waals surface area contributed by atoms with Crippen LogP contribution >= 0.6 is 35.3 Å². The lowest BCUT2D eigenvalue weighted by Gasteiger charge is -2.37. The van der Waals surface area contributed by atoms with Crippen LogP contribution < -0.4 is 10.2 Å². The minimum absolute atomic E-state index is 0. The van der Waals surface area contributed by atoms with Crippen LogP contribution in [0.3, 0.4) is 0 Å². The standard InChI is InChI=1S/C18H23F2N5S.HI/c1-13-23-15(12-26-13)5-6-22-18(21-2)25-9-7-24(8-10-25)17-11-14(19)3-4-16(17)20;/h3-4,11-12H,5-10H2,1-2H3,(H,21,22);1H. The Balaban J connectivity index is 0.00000261. The molecule has 1 fully saturated rings. The Hall–Kier alpha value is -1.49. The van der Waals surface area contributed by atoms with Crippen LogP contribution in [0, 0.1) is 18.6 Å². The number of piperazine rings is 1. The Morgan fingerprint density at radius 1 is 1.26 bits per heavy atom. The number of nitrogens with one attached hydrogen (secondary N) is 1. The van der Waals surface area contributed by atoms with E-state index in [-0.39, 0.29) is 29.8 Å². The molecule has 0 unspecified atom stereocenters. The maximum atomic E-state index is 13.9. The highest BCUT2D eigenvalue weighted by Gasteiger charge is 2.22. The van der Waals surface area contributed by atoms with E-state index >= 15 is 0 Å². The number of hydrogen-bond acceptors (Lipinski definition) is 4. The van der Waals surface area contributed by atoms with E-state index in [0.29, 0.717) is 31.9 Å². The fourth-order valence-corrected chi connectivity index (χ4v) is 3.69. The van der Waals surface area contributed by atoms with Crippen LogP contribution in [0.4, 0.5) is 14.5 Å². The van der Waals surface area contributed by atoms with Crippen LogP contribution in [0.1, 0.15) is 10.7 Å². The molecule has 1 saturated heterocycles. The third-order valence-corrected chi connectivity index (χ3v) is 5.19. The van der Waals surface area contributed by atoms with E-state index in [0.717, 1.165) is 35.7 Å². The summed E-state index contributed by atoms with van der Waals surface area (Å²) >= 11 is 1.65. The molecule has 0 amide bonds. The smallest absolute Gasteiger partial charge is 0.193 e. The van der Waals surface area contributed by atoms with Gasteiger partial charge in [-0.1, -0.05) is 0 Å². The number of anilines is 1. The van der Waals surface area contributed by atoms with Crippen LogP contribution in [-0.4, -0.2) is 55.6 Å². The Bertz CT molecular complexity index is 775. The number of nitrogens with zero attached hydrogens (tertiary/aromatic N) is 4. The molecular weight excluding hydrogens is 483 g/mol. The summed E-state index contributed by atoms with van der Waals surface area (Å²) in [5.74, 6) is 0.0239. The average Bonchev–Trinajstić information content (AvgIpc) is 3.06. The summed E-state index contributed by atoms with van der Waals surface area (Å²) in [6.07, 6.45) is 0.845. The zero-order valence-corrected chi connectivity index (χ0v) is 18.6. The maximum Gasteiger partial charge on any atom is 0.193 e. The van der Waals surface area contributed by atoms with E-state index in [1.807, 2.05) is 11.8 Å². The van der Waals surface area contributed by atoms with Gasteiger partial charge in [0.25, 0.3) is 0 Å². The van der Waals surface area contributed by atoms with Gasteiger partial charge in [-0.15, -0.1) is 35.3 Å². The van der Waals surface area contributed by atoms with Crippen molar-refractivity contribution in [3.63, 3.8) is 0 Å². The third-order valence-electron chi connectivity index (χ3n) is 4.37. The molecule has 0 saturated carbocycles. The first-order chi connectivity index (χ1) is 12.6. The zero-order chi connectivity index (χ0) is 18.5. The normalized spacial score (nSPS) is 14.9. The number of aliphatic imine (C=N–C) groups is 1. The lowest BCUT2D eigenvalue weighted by Crippen LogP contribution is -2.53. The maximum absolute atomic E-state index is 13.9. The number of aromatic nitrogens is 1. The highest BCUT2D eigenvalue weighted by atomic mass is 127. The predicted molar refractivity (Wildman–Crippen MR) is 117 cm³/mol. The first kappa shape index (κ1) is 21.8. The lowest BCUT2D eigenvalue weighted by molar-refractivity contribution is 0.371. The Labute approximate surface area is 179 Å². The van der Waals surface area contributed by atoms with Gasteiger partial charge in [-0.05, 0) is 19.1 Å². The molecule has 0 spiro atoms. The van der Waals surface area contributed by atoms with Crippen molar-refractivity contribution in [3.05, 3.63) is 45.9 Å². The van der Waals surface area contributed by atoms with Gasteiger partial charge in [-0.25, -0.2) is 13.8 Å². The quantitative estimate of drug-likeness (QED) is 0.392. The van der Waals surface area contributed by atoms with Crippen molar-refractivity contribution in [1.82, 2.24) is 15.2 Å². The molecule has 27 heavy (non-hydrogen) atoms. The van der Waals surface area contributed by atoms with Gasteiger partial charge in [0, 0.05) is 57.6 Å². The number of halogens is 3. The van der Waals surface area contributed by atoms with Gasteiger partial charge in [-0.2, -0.15) is 0 Å². The predicted octanol–water partition coefficient (Wildman–Crippen LogP) is 3.29. The monoisotopic (exact) mass is 507 g/mol. The van der Waals surface area contributed by atoms with Crippen molar-refractivity contribution in [2.45, 2.75) is 13.3 Å². The molecule has 2 heterocycles. The van der Waals surface area contributed by atoms with Crippen LogP contribution in [0.15, 0.2) is 28.6 Å². The molecule has 9 heteroatoms. The van der Waals surface area contributed by atoms with Crippen molar-refractivity contribution in [2.24, 2.45) is 4.99 Å². The van der Waals surface area contributed by atoms with Crippen LogP contribution in [-0.2, 0) is 6.42 Å². The van der Waals surface area contributed by atoms with Crippen molar-refractivity contribution in [1.29, 1.82) is 0 Å². The molecule has 1 aromatic heterocycles. The molecule has 5 nitrogen and oxygen atoms in total. The minimum atomic E-state index is -0.418. The molecule has 0 aliphatic carbocycles. The number of hydrogen-bond donors (Lipinski definition) is 1. The average molecular weight is 507 g/mol. The van der Waals surface area contributed by atoms with Crippen molar-refractivity contribution >= 4 is 47.0 Å². The third kappa shape index (κ3) is 5.74. The summed E-state index contributed by atoms with van der Waals surface area (Å²) in [4.78, 5) is 12.8. The Morgan fingerprint density at radius 2 is 2.00 bits per heavy atom. The molecule has 0 radical (unpaired) electrons. The molecule has 1 aliphatic heterocycles. The van der Waals surface area contributed by atoms with Gasteiger partial charge in [0.2, 0.25) is 0 Å². The molecule has 1 N–H and O–H groups in total. The van der Waals surface area contributed by atoms with Gasteiger partial charge < -0.3 is 15.1 Å². The van der Waals surface area contributed by atoms with E-state index in [2.05, 4.69) is 25.6 Å². The fourth-order valence-electron chi connectivity index (χ4n) is 3.05. The molecule has 0 atom stereocenters. The topological polar surface area (TPSA) is 43.8 Å². The number of guanidine groups is 1. The summed E-state index contributed by atoms with van der Waals surface area (Å²) in [6.45, 7) is 5.39. The SMILES string of the molecule is CN=C(NCCc1csc(C)n1)N1CCN(c2cc(F)ccc2F)CC1.I. The molecular formula is C18H24F2IN5S. The summed E-state index contributed by atoms with van der Waals surface area (Å²) in [7, 11) is 1.76. The minimum Gasteiger partial charge on any atom is -0.366 e. The first-order valence-electron chi connectivity index (χ1n) is 8.63. The van der Waals surface area contributed by atoms with Gasteiger partial charge in [-0.3, -0.25) is 4.99 Å². The van der Waals surface area contributed by atoms with E-state index in [1.165, 1.54) is 12.1 Å². The molecule has 148 valence electrons. The largest absolute Gasteiger partial charge is 0.366 e. The second-order valence-electron chi connectivity index (χ2n) is 6.15. The second-order valence-corrected chi connectivity index (χ2v) is 7.21. The van der Waals surface area contributed by atoms with Gasteiger partial charge in [0.1, 0.15) is 11.6 Å². The van der Waals surface area contributed by atoms with E-state index < -0.39 is 5.82 Å². The van der Waals surface area contributed by atoms with Crippen molar-refractivity contribution < 1.29 is 8.78 Å². The molecule has 1 aliphatic rings. The lowest BCUT2D eigenvalue weighted by atomic mass is 10.2. The highest BCUT2D eigenvalue weighted by Crippen LogP contribution is 2.21. The Morgan fingerprint density at radius 3 is 2.63 bits per heavy atom. The summed E-state index contributed by atoms with van der Waals surface area (Å²) < 4.78 is 27.3. The van der Waals surface area contributed by atoms with E-state index in [1.54, 1.807) is 18.4 Å². The van der Waals surface area contributed by atoms with Gasteiger partial charge in [0.15, 0.2) is 5.96 Å². The second kappa shape index (κ2) is 10.2. The molecule has 0 bridgehead atoms. The van der Waals surface area contributed by atoms with Crippen LogP contribution in [0.25, 0.3) is 0 Å². The van der Waals surface area contributed by atoms with Crippen molar-refractivity contribution in [3.8, 4) is 0 Å². The first-order valence-corrected chi connectivity index (χ1v) is 9.51. The number of benzene rings is 1. The molecule has 2 aromatic rings. The van der Waals surface area contributed by atoms with Gasteiger partial charge >= 0.3 is 0 Å². The summed E-state index contributed by atoms with van der Waals surface area (Å²) in [5.41, 5.74) is 1.41. The Kier molecular flexibility index (Phi) is 8.21. The summed E-state index contributed by atoms with van der Waals surface area (Å²) in [5, 5.41) is 6.51. The number of aryl methyl sites for hydroxylation is 1.